The number of aryl methyl sites for hydroxylation is 1. The molecule has 13 heteroatoms. The van der Waals surface area contributed by atoms with Gasteiger partial charge in [-0.15, -0.1) is 12.4 Å². The minimum atomic E-state index is -5.01. The first-order valence-electron chi connectivity index (χ1n) is 10.6. The van der Waals surface area contributed by atoms with Crippen LogP contribution >= 0.6 is 12.4 Å². The maximum absolute atomic E-state index is 13.1. The van der Waals surface area contributed by atoms with Gasteiger partial charge in [-0.25, -0.2) is 4.98 Å². The summed E-state index contributed by atoms with van der Waals surface area (Å²) in [7, 11) is 3.73. The molecule has 0 unspecified atom stereocenters. The van der Waals surface area contributed by atoms with Gasteiger partial charge in [0, 0.05) is 43.5 Å². The number of hydrogen-bond donors (Lipinski definition) is 2. The number of aromatic nitrogens is 2. The molecule has 1 aromatic carbocycles. The average Bonchev–Trinajstić information content (AvgIpc) is 2.73. The number of alkyl halides is 6. The first-order valence-corrected chi connectivity index (χ1v) is 10.6. The molecule has 1 saturated carbocycles. The van der Waals surface area contributed by atoms with E-state index in [9.17, 15) is 31.1 Å². The molecule has 2 N–H and O–H groups in total. The number of carbonyl (C=O) groups is 1. The van der Waals surface area contributed by atoms with Gasteiger partial charge in [0.1, 0.15) is 5.82 Å². The predicted octanol–water partition coefficient (Wildman–Crippen LogP) is 5.46. The van der Waals surface area contributed by atoms with Crippen molar-refractivity contribution in [2.45, 2.75) is 57.0 Å². The monoisotopic (exact) mass is 525 g/mol. The fourth-order valence-corrected chi connectivity index (χ4v) is 3.76. The number of carbonyl (C=O) groups excluding carboxylic acids is 1. The number of hydrogen-bond acceptors (Lipinski definition) is 5. The molecule has 0 aliphatic heterocycles. The van der Waals surface area contributed by atoms with Crippen LogP contribution in [0, 0.1) is 6.92 Å². The SMILES string of the molecule is Cc1cc(N(C)C)nc(N[C@H]2CC[C@@H](NC(=O)c3cc(C(F)(F)F)cc(C(F)(F)F)c3)CC2)n1.Cl. The molecule has 1 aliphatic carbocycles. The van der Waals surface area contributed by atoms with E-state index >= 15 is 0 Å². The van der Waals surface area contributed by atoms with Gasteiger partial charge < -0.3 is 15.5 Å². The number of nitrogens with one attached hydrogen (secondary N) is 2. The quantitative estimate of drug-likeness (QED) is 0.507. The zero-order chi connectivity index (χ0) is 25.3. The van der Waals surface area contributed by atoms with Gasteiger partial charge in [-0.2, -0.15) is 31.3 Å². The van der Waals surface area contributed by atoms with Crippen molar-refractivity contribution in [3.05, 3.63) is 46.6 Å². The molecular weight excluding hydrogens is 500 g/mol. The van der Waals surface area contributed by atoms with Crippen LogP contribution in [0.15, 0.2) is 24.3 Å². The lowest BCUT2D eigenvalue weighted by Gasteiger charge is -2.30. The van der Waals surface area contributed by atoms with Crippen molar-refractivity contribution < 1.29 is 31.1 Å². The van der Waals surface area contributed by atoms with Crippen LogP contribution in [0.1, 0.15) is 52.9 Å². The van der Waals surface area contributed by atoms with Crippen LogP contribution in [0.2, 0.25) is 0 Å². The highest BCUT2D eigenvalue weighted by molar-refractivity contribution is 5.94. The molecule has 1 heterocycles. The molecule has 35 heavy (non-hydrogen) atoms. The molecule has 0 bridgehead atoms. The van der Waals surface area contributed by atoms with Gasteiger partial charge in [0.05, 0.1) is 11.1 Å². The van der Waals surface area contributed by atoms with Crippen molar-refractivity contribution in [2.75, 3.05) is 24.3 Å². The van der Waals surface area contributed by atoms with Crippen LogP contribution in [0.4, 0.5) is 38.1 Å². The highest BCUT2D eigenvalue weighted by atomic mass is 35.5. The van der Waals surface area contributed by atoms with E-state index < -0.39 is 35.0 Å². The third-order valence-electron chi connectivity index (χ3n) is 5.54. The number of halogens is 7. The van der Waals surface area contributed by atoms with Gasteiger partial charge in [-0.05, 0) is 50.8 Å². The van der Waals surface area contributed by atoms with Crippen LogP contribution in [0.3, 0.4) is 0 Å². The van der Waals surface area contributed by atoms with Crippen molar-refractivity contribution in [2.24, 2.45) is 0 Å². The summed E-state index contributed by atoms with van der Waals surface area (Å²) in [6.07, 6.45) is -7.78. The van der Waals surface area contributed by atoms with Crippen LogP contribution in [0.5, 0.6) is 0 Å². The summed E-state index contributed by atoms with van der Waals surface area (Å²) in [4.78, 5) is 23.2. The second-order valence-electron chi connectivity index (χ2n) is 8.55. The summed E-state index contributed by atoms with van der Waals surface area (Å²) in [5.74, 6) is 0.251. The number of nitrogens with zero attached hydrogens (tertiary/aromatic N) is 3. The molecule has 0 saturated heterocycles. The van der Waals surface area contributed by atoms with Crippen molar-refractivity contribution in [3.8, 4) is 0 Å². The molecule has 1 fully saturated rings. The van der Waals surface area contributed by atoms with Crippen LogP contribution in [-0.4, -0.2) is 42.1 Å². The molecule has 3 rings (SSSR count). The Hall–Kier alpha value is -2.76. The number of anilines is 2. The Morgan fingerprint density at radius 2 is 1.40 bits per heavy atom. The predicted molar refractivity (Wildman–Crippen MR) is 122 cm³/mol. The second kappa shape index (κ2) is 10.9. The minimum absolute atomic E-state index is 0. The van der Waals surface area contributed by atoms with E-state index in [4.69, 9.17) is 0 Å². The molecule has 1 amide bonds. The van der Waals surface area contributed by atoms with E-state index in [0.29, 0.717) is 43.8 Å². The second-order valence-corrected chi connectivity index (χ2v) is 8.55. The summed E-state index contributed by atoms with van der Waals surface area (Å²) >= 11 is 0. The van der Waals surface area contributed by atoms with Crippen molar-refractivity contribution in [1.29, 1.82) is 0 Å². The van der Waals surface area contributed by atoms with E-state index in [2.05, 4.69) is 20.6 Å². The normalized spacial score (nSPS) is 18.4. The smallest absolute Gasteiger partial charge is 0.363 e. The summed E-state index contributed by atoms with van der Waals surface area (Å²) < 4.78 is 78.3. The fraction of sp³-hybridized carbons (Fsp3) is 0.500. The first kappa shape index (κ1) is 28.5. The molecule has 1 aliphatic rings. The first-order chi connectivity index (χ1) is 15.7. The molecular formula is C22H26ClF6N5O. The van der Waals surface area contributed by atoms with Crippen LogP contribution in [0.25, 0.3) is 0 Å². The lowest BCUT2D eigenvalue weighted by molar-refractivity contribution is -0.143. The van der Waals surface area contributed by atoms with Crippen LogP contribution < -0.4 is 15.5 Å². The topological polar surface area (TPSA) is 70.2 Å². The Morgan fingerprint density at radius 3 is 1.89 bits per heavy atom. The summed E-state index contributed by atoms with van der Waals surface area (Å²) in [6, 6.07) is 2.38. The largest absolute Gasteiger partial charge is 0.416 e. The third kappa shape index (κ3) is 7.61. The summed E-state index contributed by atoms with van der Waals surface area (Å²) in [5, 5.41) is 5.83. The van der Waals surface area contributed by atoms with E-state index in [1.807, 2.05) is 32.0 Å². The number of rotatable bonds is 5. The lowest BCUT2D eigenvalue weighted by atomic mass is 9.91. The highest BCUT2D eigenvalue weighted by Gasteiger charge is 2.37. The molecule has 0 spiro atoms. The zero-order valence-electron chi connectivity index (χ0n) is 19.2. The summed E-state index contributed by atoms with van der Waals surface area (Å²) in [6.45, 7) is 1.85. The Labute approximate surface area is 204 Å². The molecule has 2 aromatic rings. The van der Waals surface area contributed by atoms with Crippen molar-refractivity contribution in [3.63, 3.8) is 0 Å². The standard InChI is InChI=1S/C22H25F6N5O.ClH/c1-12-8-18(33(2)3)32-20(29-12)31-17-6-4-16(5-7-17)30-19(34)13-9-14(21(23,24)25)11-15(10-13)22(26,27)28;/h8-11,16-17H,4-7H2,1-3H3,(H,30,34)(H,29,31,32);1H/t16-,17+;. The molecule has 6 nitrogen and oxygen atoms in total. The van der Waals surface area contributed by atoms with Crippen molar-refractivity contribution in [1.82, 2.24) is 15.3 Å². The number of amides is 1. The average molecular weight is 526 g/mol. The van der Waals surface area contributed by atoms with E-state index in [-0.39, 0.29) is 30.6 Å². The zero-order valence-corrected chi connectivity index (χ0v) is 20.0. The third-order valence-corrected chi connectivity index (χ3v) is 5.54. The Balaban J connectivity index is 0.00000432. The summed E-state index contributed by atoms with van der Waals surface area (Å²) in [5.41, 5.74) is -2.92. The molecule has 0 atom stereocenters. The van der Waals surface area contributed by atoms with E-state index in [0.717, 1.165) is 11.5 Å². The molecule has 0 radical (unpaired) electrons. The van der Waals surface area contributed by atoms with E-state index in [1.54, 1.807) is 0 Å². The van der Waals surface area contributed by atoms with Gasteiger partial charge in [0.15, 0.2) is 0 Å². The van der Waals surface area contributed by atoms with Gasteiger partial charge in [-0.1, -0.05) is 0 Å². The molecule has 194 valence electrons. The number of benzene rings is 1. The van der Waals surface area contributed by atoms with Gasteiger partial charge >= 0.3 is 12.4 Å². The Kier molecular flexibility index (Phi) is 8.85. The van der Waals surface area contributed by atoms with Crippen molar-refractivity contribution >= 4 is 30.1 Å². The van der Waals surface area contributed by atoms with E-state index in [1.165, 1.54) is 0 Å². The lowest BCUT2D eigenvalue weighted by Crippen LogP contribution is -2.40. The Morgan fingerprint density at radius 1 is 0.886 bits per heavy atom. The van der Waals surface area contributed by atoms with Crippen LogP contribution in [-0.2, 0) is 12.4 Å². The maximum atomic E-state index is 13.1. The molecule has 1 aromatic heterocycles. The van der Waals surface area contributed by atoms with Gasteiger partial charge in [0.2, 0.25) is 5.95 Å². The highest BCUT2D eigenvalue weighted by Crippen LogP contribution is 2.36. The minimum Gasteiger partial charge on any atom is -0.363 e. The van der Waals surface area contributed by atoms with Gasteiger partial charge in [-0.3, -0.25) is 4.79 Å². The van der Waals surface area contributed by atoms with Gasteiger partial charge in [0.25, 0.3) is 5.91 Å². The maximum Gasteiger partial charge on any atom is 0.416 e. The fourth-order valence-electron chi connectivity index (χ4n) is 3.76. The Bertz CT molecular complexity index is 1000.